The smallest absolute Gasteiger partial charge is 0.249 e. The van der Waals surface area contributed by atoms with Crippen LogP contribution in [0.25, 0.3) is 10.9 Å². The zero-order valence-electron chi connectivity index (χ0n) is 20.7. The van der Waals surface area contributed by atoms with Crippen LogP contribution in [0.3, 0.4) is 0 Å². The van der Waals surface area contributed by atoms with E-state index in [1.54, 1.807) is 7.11 Å². The first-order valence-electron chi connectivity index (χ1n) is 11.7. The number of likely N-dealkylation sites (tertiary alicyclic amines) is 1. The summed E-state index contributed by atoms with van der Waals surface area (Å²) in [6.07, 6.45) is 9.97. The molecular formula is C28H38F2N2O. The van der Waals surface area contributed by atoms with E-state index >= 15 is 0 Å². The Morgan fingerprint density at radius 3 is 2.42 bits per heavy atom. The third-order valence-electron chi connectivity index (χ3n) is 6.71. The summed E-state index contributed by atoms with van der Waals surface area (Å²) in [5, 5.41) is 1.20. The predicted octanol–water partition coefficient (Wildman–Crippen LogP) is 7.58. The molecule has 1 saturated heterocycles. The molecule has 3 nitrogen and oxygen atoms in total. The number of nitrogens with one attached hydrogen (secondary N) is 1. The molecule has 5 heteroatoms. The predicted molar refractivity (Wildman–Crippen MR) is 134 cm³/mol. The van der Waals surface area contributed by atoms with Gasteiger partial charge >= 0.3 is 0 Å². The van der Waals surface area contributed by atoms with Crippen LogP contribution in [0.1, 0.15) is 57.6 Å². The Hall–Kier alpha value is -2.40. The minimum Gasteiger partial charge on any atom is -0.496 e. The van der Waals surface area contributed by atoms with Gasteiger partial charge < -0.3 is 9.72 Å². The first-order chi connectivity index (χ1) is 15.5. The molecule has 1 saturated carbocycles. The lowest BCUT2D eigenvalue weighted by atomic mass is 9.61. The second kappa shape index (κ2) is 10.3. The fourth-order valence-electron chi connectivity index (χ4n) is 4.99. The van der Waals surface area contributed by atoms with E-state index in [1.807, 2.05) is 25.3 Å². The highest BCUT2D eigenvalue weighted by Crippen LogP contribution is 2.57. The topological polar surface area (TPSA) is 28.3 Å². The summed E-state index contributed by atoms with van der Waals surface area (Å²) in [5.41, 5.74) is 5.82. The Morgan fingerprint density at radius 2 is 1.88 bits per heavy atom. The molecular weight excluding hydrogens is 418 g/mol. The zero-order chi connectivity index (χ0) is 24.2. The fraction of sp³-hybridized carbons (Fsp3) is 0.500. The van der Waals surface area contributed by atoms with Crippen LogP contribution in [0.5, 0.6) is 5.75 Å². The molecule has 0 unspecified atom stereocenters. The molecule has 1 aromatic carbocycles. The van der Waals surface area contributed by atoms with Gasteiger partial charge in [0.2, 0.25) is 5.92 Å². The third kappa shape index (κ3) is 6.35. The van der Waals surface area contributed by atoms with Gasteiger partial charge in [0, 0.05) is 42.0 Å². The van der Waals surface area contributed by atoms with Crippen LogP contribution in [-0.4, -0.2) is 36.0 Å². The van der Waals surface area contributed by atoms with Crippen molar-refractivity contribution in [1.29, 1.82) is 0 Å². The lowest BCUT2D eigenvalue weighted by Crippen LogP contribution is -2.52. The van der Waals surface area contributed by atoms with Crippen molar-refractivity contribution >= 4 is 10.9 Å². The molecule has 2 heterocycles. The molecule has 180 valence electrons. The molecule has 1 aliphatic heterocycles. The summed E-state index contributed by atoms with van der Waals surface area (Å²) in [6.45, 7) is 14.5. The van der Waals surface area contributed by atoms with Crippen LogP contribution in [0.4, 0.5) is 8.78 Å². The quantitative estimate of drug-likeness (QED) is 0.470. The van der Waals surface area contributed by atoms with Crippen molar-refractivity contribution in [3.63, 3.8) is 0 Å². The van der Waals surface area contributed by atoms with Crippen molar-refractivity contribution in [1.82, 2.24) is 9.88 Å². The van der Waals surface area contributed by atoms with E-state index in [0.29, 0.717) is 0 Å². The Labute approximate surface area is 197 Å². The lowest BCUT2D eigenvalue weighted by molar-refractivity contribution is -0.178. The highest BCUT2D eigenvalue weighted by atomic mass is 19.3. The second-order valence-electron chi connectivity index (χ2n) is 10.1. The van der Waals surface area contributed by atoms with Crippen molar-refractivity contribution < 1.29 is 13.5 Å². The molecule has 0 atom stereocenters. The molecule has 1 spiro atoms. The van der Waals surface area contributed by atoms with E-state index in [1.165, 1.54) is 22.1 Å². The summed E-state index contributed by atoms with van der Waals surface area (Å²) < 4.78 is 32.1. The number of methoxy groups -OCH3 is 1. The maximum atomic E-state index is 13.3. The Kier molecular flexibility index (Phi) is 7.84. The zero-order valence-corrected chi connectivity index (χ0v) is 20.7. The van der Waals surface area contributed by atoms with Crippen molar-refractivity contribution in [2.75, 3.05) is 20.2 Å². The molecule has 1 N–H and O–H groups in total. The number of hydrogen-bond donors (Lipinski definition) is 1. The molecule has 2 fully saturated rings. The summed E-state index contributed by atoms with van der Waals surface area (Å²) in [6, 6.07) is 4.17. The van der Waals surface area contributed by atoms with Gasteiger partial charge in [-0.15, -0.1) is 0 Å². The van der Waals surface area contributed by atoms with Gasteiger partial charge in [-0.3, -0.25) is 4.90 Å². The van der Waals surface area contributed by atoms with Gasteiger partial charge in [0.1, 0.15) is 5.75 Å². The second-order valence-corrected chi connectivity index (χ2v) is 10.1. The molecule has 0 radical (unpaired) electrons. The standard InChI is InChI=1S/C19H24F2N2O.C9H14/c1-13-9-16(24-2)15(14-3-6-22-17(13)14)10-23-7-4-18(5-8-23)11-19(20,21)12-18;1-8(2)6-5-7-9(3)4/h3,6,9,22H,4-5,7-8,10-12H2,1-2H3;5-7H,1H2,2-4H3/b;6-5-. The van der Waals surface area contributed by atoms with E-state index in [-0.39, 0.29) is 18.3 Å². The van der Waals surface area contributed by atoms with Gasteiger partial charge in [-0.05, 0) is 76.7 Å². The number of nitrogens with zero attached hydrogens (tertiary/aromatic N) is 1. The molecule has 33 heavy (non-hydrogen) atoms. The molecule has 1 aromatic heterocycles. The Balaban J connectivity index is 0.000000292. The number of allylic oxidation sites excluding steroid dienone is 5. The molecule has 1 aliphatic carbocycles. The highest BCUT2D eigenvalue weighted by Gasteiger charge is 2.56. The number of H-pyrrole nitrogens is 1. The Bertz CT molecular complexity index is 1030. The summed E-state index contributed by atoms with van der Waals surface area (Å²) in [4.78, 5) is 5.68. The molecule has 4 rings (SSSR count). The van der Waals surface area contributed by atoms with Gasteiger partial charge in [0.25, 0.3) is 0 Å². The fourth-order valence-corrected chi connectivity index (χ4v) is 4.99. The number of halogens is 2. The SMILES string of the molecule is C=C(C)/C=C\C=C(C)C.COc1cc(C)c2[nH]ccc2c1CN1CCC2(CC1)CC(F)(F)C2. The normalized spacial score (nSPS) is 19.1. The minimum atomic E-state index is -2.42. The minimum absolute atomic E-state index is 0.0871. The third-order valence-corrected chi connectivity index (χ3v) is 6.71. The first kappa shape index (κ1) is 25.2. The maximum Gasteiger partial charge on any atom is 0.249 e. The van der Waals surface area contributed by atoms with Gasteiger partial charge in [-0.2, -0.15) is 0 Å². The van der Waals surface area contributed by atoms with Gasteiger partial charge in [0.05, 0.1) is 7.11 Å². The number of rotatable bonds is 5. The van der Waals surface area contributed by atoms with Crippen molar-refractivity contribution in [2.24, 2.45) is 5.41 Å². The number of hydrogen-bond acceptors (Lipinski definition) is 2. The average Bonchev–Trinajstić information content (AvgIpc) is 3.20. The van der Waals surface area contributed by atoms with Crippen LogP contribution in [-0.2, 0) is 6.54 Å². The van der Waals surface area contributed by atoms with Crippen LogP contribution < -0.4 is 4.74 Å². The number of piperidine rings is 1. The number of aromatic amines is 1. The number of aromatic nitrogens is 1. The van der Waals surface area contributed by atoms with Gasteiger partial charge in [-0.1, -0.05) is 36.0 Å². The number of aryl methyl sites for hydroxylation is 1. The van der Waals surface area contributed by atoms with E-state index in [0.717, 1.165) is 49.3 Å². The molecule has 0 amide bonds. The van der Waals surface area contributed by atoms with Crippen LogP contribution in [0.2, 0.25) is 0 Å². The molecule has 2 aromatic rings. The van der Waals surface area contributed by atoms with Crippen LogP contribution in [0, 0.1) is 12.3 Å². The highest BCUT2D eigenvalue weighted by molar-refractivity contribution is 5.88. The van der Waals surface area contributed by atoms with Crippen molar-refractivity contribution in [3.05, 3.63) is 65.4 Å². The maximum absolute atomic E-state index is 13.3. The van der Waals surface area contributed by atoms with Crippen molar-refractivity contribution in [2.45, 2.75) is 65.8 Å². The van der Waals surface area contributed by atoms with Crippen LogP contribution in [0.15, 0.2) is 54.3 Å². The average molecular weight is 457 g/mol. The largest absolute Gasteiger partial charge is 0.496 e. The number of ether oxygens (including phenoxy) is 1. The van der Waals surface area contributed by atoms with Gasteiger partial charge in [0.15, 0.2) is 0 Å². The van der Waals surface area contributed by atoms with E-state index in [4.69, 9.17) is 4.74 Å². The Morgan fingerprint density at radius 1 is 1.21 bits per heavy atom. The number of fused-ring (bicyclic) bond motifs is 1. The van der Waals surface area contributed by atoms with Gasteiger partial charge in [-0.25, -0.2) is 8.78 Å². The van der Waals surface area contributed by atoms with Crippen LogP contribution >= 0.6 is 0 Å². The molecule has 2 aliphatic rings. The number of benzene rings is 1. The lowest BCUT2D eigenvalue weighted by Gasteiger charge is -2.51. The van der Waals surface area contributed by atoms with E-state index in [9.17, 15) is 8.78 Å². The summed E-state index contributed by atoms with van der Waals surface area (Å²) >= 11 is 0. The summed E-state index contributed by atoms with van der Waals surface area (Å²) in [5.74, 6) is -1.50. The summed E-state index contributed by atoms with van der Waals surface area (Å²) in [7, 11) is 1.71. The monoisotopic (exact) mass is 456 g/mol. The van der Waals surface area contributed by atoms with E-state index < -0.39 is 5.92 Å². The number of alkyl halides is 2. The van der Waals surface area contributed by atoms with Crippen molar-refractivity contribution in [3.8, 4) is 5.75 Å². The van der Waals surface area contributed by atoms with E-state index in [2.05, 4.69) is 55.4 Å². The first-order valence-corrected chi connectivity index (χ1v) is 11.7. The molecule has 0 bridgehead atoms.